The van der Waals surface area contributed by atoms with E-state index in [1.807, 2.05) is 0 Å². The van der Waals surface area contributed by atoms with Crippen molar-refractivity contribution in [3.63, 3.8) is 0 Å². The van der Waals surface area contributed by atoms with Crippen LogP contribution in [0.3, 0.4) is 0 Å². The Balaban J connectivity index is 1.25. The number of methoxy groups -OCH3 is 1. The molecule has 2 aliphatic heterocycles. The summed E-state index contributed by atoms with van der Waals surface area (Å²) in [5.41, 5.74) is 1.98. The first-order valence-electron chi connectivity index (χ1n) is 13.3. The first kappa shape index (κ1) is 30.3. The number of fused-ring (bicyclic) bond motifs is 1. The molecule has 0 saturated heterocycles. The van der Waals surface area contributed by atoms with E-state index in [1.54, 1.807) is 19.9 Å². The molecule has 228 valence electrons. The Kier molecular flexibility index (Phi) is 8.11. The Bertz CT molecular complexity index is 1670. The fourth-order valence-electron chi connectivity index (χ4n) is 4.79. The first-order valence-corrected chi connectivity index (χ1v) is 14.1. The average Bonchev–Trinajstić information content (AvgIpc) is 3.51. The summed E-state index contributed by atoms with van der Waals surface area (Å²) in [6.07, 6.45) is -3.58. The Labute approximate surface area is 246 Å². The number of nitrogens with zero attached hydrogens (tertiary/aromatic N) is 4. The van der Waals surface area contributed by atoms with Gasteiger partial charge in [-0.25, -0.2) is 19.8 Å². The molecule has 0 radical (unpaired) electrons. The number of hydrogen-bond acceptors (Lipinski definition) is 8. The molecule has 0 spiro atoms. The Morgan fingerprint density at radius 1 is 1.02 bits per heavy atom. The van der Waals surface area contributed by atoms with E-state index in [0.29, 0.717) is 35.5 Å². The van der Waals surface area contributed by atoms with Gasteiger partial charge in [0, 0.05) is 30.5 Å². The lowest BCUT2D eigenvalue weighted by Gasteiger charge is -2.20. The molecule has 1 aromatic heterocycles. The highest BCUT2D eigenvalue weighted by molar-refractivity contribution is 7.19. The number of amides is 2. The monoisotopic (exact) mass is 623 g/mol. The van der Waals surface area contributed by atoms with Crippen molar-refractivity contribution in [3.8, 4) is 11.5 Å². The van der Waals surface area contributed by atoms with E-state index in [-0.39, 0.29) is 70.8 Å². The molecular formula is C28H26F5N5O4S. The van der Waals surface area contributed by atoms with Gasteiger partial charge < -0.3 is 9.47 Å². The van der Waals surface area contributed by atoms with Gasteiger partial charge in [-0.2, -0.15) is 27.8 Å². The minimum atomic E-state index is -4.65. The number of benzene rings is 2. The highest BCUT2D eigenvalue weighted by atomic mass is 32.1. The summed E-state index contributed by atoms with van der Waals surface area (Å²) in [5, 5.41) is 8.49. The van der Waals surface area contributed by atoms with Crippen LogP contribution in [0.1, 0.15) is 55.7 Å². The maximum Gasteiger partial charge on any atom is 0.443 e. The molecule has 43 heavy (non-hydrogen) atoms. The smallest absolute Gasteiger partial charge is 0.443 e. The van der Waals surface area contributed by atoms with Gasteiger partial charge in [0.1, 0.15) is 11.3 Å². The SMILES string of the molecule is COc1ccc(C2=NN(CCCCOc3ccc(C4=NNC(=O)CC4)c(F)c3F)C(=O)C2(C)C)c2sc(C(F)(F)F)nc12. The van der Waals surface area contributed by atoms with Gasteiger partial charge in [-0.15, -0.1) is 11.3 Å². The van der Waals surface area contributed by atoms with E-state index >= 15 is 0 Å². The van der Waals surface area contributed by atoms with E-state index in [2.05, 4.69) is 20.6 Å². The molecule has 2 amide bonds. The largest absolute Gasteiger partial charge is 0.494 e. The van der Waals surface area contributed by atoms with E-state index in [9.17, 15) is 31.5 Å². The van der Waals surface area contributed by atoms with Crippen molar-refractivity contribution in [1.82, 2.24) is 15.4 Å². The molecular weight excluding hydrogens is 597 g/mol. The van der Waals surface area contributed by atoms with Crippen LogP contribution in [0.5, 0.6) is 11.5 Å². The van der Waals surface area contributed by atoms with E-state index in [0.717, 1.165) is 0 Å². The van der Waals surface area contributed by atoms with Crippen molar-refractivity contribution in [2.75, 3.05) is 20.3 Å². The van der Waals surface area contributed by atoms with Gasteiger partial charge in [0.05, 0.1) is 35.3 Å². The summed E-state index contributed by atoms with van der Waals surface area (Å²) in [5.74, 6) is -3.05. The molecule has 9 nitrogen and oxygen atoms in total. The summed E-state index contributed by atoms with van der Waals surface area (Å²) >= 11 is 0.460. The molecule has 1 N–H and O–H groups in total. The van der Waals surface area contributed by atoms with Crippen molar-refractivity contribution in [2.45, 2.75) is 45.7 Å². The zero-order valence-electron chi connectivity index (χ0n) is 23.3. The minimum absolute atomic E-state index is 0.0227. The quantitative estimate of drug-likeness (QED) is 0.245. The van der Waals surface area contributed by atoms with Crippen molar-refractivity contribution >= 4 is 44.8 Å². The third kappa shape index (κ3) is 5.77. The molecule has 3 aromatic rings. The summed E-state index contributed by atoms with van der Waals surface area (Å²) < 4.78 is 80.5. The molecule has 2 aliphatic rings. The number of carbonyl (C=O) groups excluding carboxylic acids is 2. The molecule has 0 aliphatic carbocycles. The van der Waals surface area contributed by atoms with Gasteiger partial charge in [-0.05, 0) is 51.0 Å². The zero-order chi connectivity index (χ0) is 31.1. The maximum absolute atomic E-state index is 14.6. The number of rotatable bonds is 9. The van der Waals surface area contributed by atoms with Crippen molar-refractivity contribution < 1.29 is 41.0 Å². The van der Waals surface area contributed by atoms with Crippen LogP contribution in [0.4, 0.5) is 22.0 Å². The number of aromatic nitrogens is 1. The van der Waals surface area contributed by atoms with Gasteiger partial charge in [-0.1, -0.05) is 0 Å². The van der Waals surface area contributed by atoms with Crippen LogP contribution in [0.25, 0.3) is 10.2 Å². The molecule has 0 saturated carbocycles. The predicted octanol–water partition coefficient (Wildman–Crippen LogP) is 5.65. The number of hydrazone groups is 2. The second-order valence-electron chi connectivity index (χ2n) is 10.4. The van der Waals surface area contributed by atoms with E-state index in [4.69, 9.17) is 9.47 Å². The summed E-state index contributed by atoms with van der Waals surface area (Å²) in [6.45, 7) is 3.49. The maximum atomic E-state index is 14.6. The van der Waals surface area contributed by atoms with Crippen molar-refractivity contribution in [1.29, 1.82) is 0 Å². The molecule has 0 bridgehead atoms. The van der Waals surface area contributed by atoms with Crippen LogP contribution in [0.2, 0.25) is 0 Å². The first-order chi connectivity index (χ1) is 20.3. The average molecular weight is 624 g/mol. The van der Waals surface area contributed by atoms with Gasteiger partial charge >= 0.3 is 6.18 Å². The summed E-state index contributed by atoms with van der Waals surface area (Å²) in [4.78, 5) is 28.2. The lowest BCUT2D eigenvalue weighted by molar-refractivity contribution is -0.137. The number of ether oxygens (including phenoxy) is 2. The molecule has 0 atom stereocenters. The van der Waals surface area contributed by atoms with Gasteiger partial charge in [0.25, 0.3) is 5.91 Å². The van der Waals surface area contributed by atoms with Crippen LogP contribution in [-0.4, -0.2) is 53.5 Å². The number of hydrogen-bond donors (Lipinski definition) is 1. The van der Waals surface area contributed by atoms with Crippen LogP contribution >= 0.6 is 11.3 Å². The second-order valence-corrected chi connectivity index (χ2v) is 11.4. The van der Waals surface area contributed by atoms with Crippen LogP contribution in [0.15, 0.2) is 34.5 Å². The Hall–Kier alpha value is -4.14. The zero-order valence-corrected chi connectivity index (χ0v) is 24.1. The molecule has 15 heteroatoms. The number of unbranched alkanes of at least 4 members (excludes halogenated alkanes) is 1. The highest BCUT2D eigenvalue weighted by Gasteiger charge is 2.45. The third-order valence-corrected chi connectivity index (χ3v) is 8.22. The van der Waals surface area contributed by atoms with Crippen molar-refractivity contribution in [3.05, 3.63) is 52.0 Å². The Morgan fingerprint density at radius 3 is 2.42 bits per heavy atom. The molecule has 0 unspecified atom stereocenters. The standard InChI is InChI=1S/C28H26F5N5O4S/c1-27(2)24(15-7-10-18(41-3)22-23(15)43-25(34-22)28(31,32)33)37-38(26(27)40)12-4-5-13-42-17-9-6-14(20(29)21(17)30)16-8-11-19(39)36-35-16/h6-7,9-10H,4-5,8,11-13H2,1-3H3,(H,36,39). The van der Waals surface area contributed by atoms with Crippen LogP contribution in [-0.2, 0) is 15.8 Å². The summed E-state index contributed by atoms with van der Waals surface area (Å²) in [6, 6.07) is 5.69. The molecule has 2 aromatic carbocycles. The van der Waals surface area contributed by atoms with E-state index < -0.39 is 28.2 Å². The molecule has 5 rings (SSSR count). The highest BCUT2D eigenvalue weighted by Crippen LogP contribution is 2.43. The van der Waals surface area contributed by atoms with E-state index in [1.165, 1.54) is 30.3 Å². The lowest BCUT2D eigenvalue weighted by atomic mass is 9.83. The summed E-state index contributed by atoms with van der Waals surface area (Å²) in [7, 11) is 1.33. The van der Waals surface area contributed by atoms with Crippen LogP contribution < -0.4 is 14.9 Å². The normalized spacial score (nSPS) is 16.8. The Morgan fingerprint density at radius 2 is 1.74 bits per heavy atom. The number of alkyl halides is 3. The number of halogens is 5. The van der Waals surface area contributed by atoms with Crippen molar-refractivity contribution in [2.24, 2.45) is 15.6 Å². The fourth-order valence-corrected chi connectivity index (χ4v) is 5.76. The second kappa shape index (κ2) is 11.5. The third-order valence-electron chi connectivity index (χ3n) is 7.09. The van der Waals surface area contributed by atoms with Gasteiger partial charge in [0.15, 0.2) is 16.6 Å². The van der Waals surface area contributed by atoms with Gasteiger partial charge in [-0.3, -0.25) is 9.59 Å². The molecule has 0 fully saturated rings. The predicted molar refractivity (Wildman–Crippen MR) is 148 cm³/mol. The van der Waals surface area contributed by atoms with Gasteiger partial charge in [0.2, 0.25) is 11.7 Å². The minimum Gasteiger partial charge on any atom is -0.494 e. The van der Waals surface area contributed by atoms with Crippen LogP contribution in [0, 0.1) is 17.0 Å². The number of carbonyl (C=O) groups is 2. The number of thiazole rings is 1. The number of nitrogens with one attached hydrogen (secondary N) is 1. The lowest BCUT2D eigenvalue weighted by Crippen LogP contribution is -2.35. The fraction of sp³-hybridized carbons (Fsp3) is 0.393. The topological polar surface area (TPSA) is 105 Å². The molecule has 3 heterocycles.